The second-order valence-corrected chi connectivity index (χ2v) is 7.33. The Kier molecular flexibility index (Phi) is 6.03. The number of pyridine rings is 1. The number of ether oxygens (including phenoxy) is 1. The summed E-state index contributed by atoms with van der Waals surface area (Å²) in [5, 5.41) is 3.29. The van der Waals surface area contributed by atoms with Crippen LogP contribution in [-0.4, -0.2) is 28.2 Å². The first-order chi connectivity index (χ1) is 13.0. The molecule has 0 saturated carbocycles. The van der Waals surface area contributed by atoms with Crippen LogP contribution in [0.1, 0.15) is 11.3 Å². The molecule has 1 amide bonds. The third-order valence-corrected chi connectivity index (χ3v) is 5.00. The standard InChI is InChI=1S/C19H18ClN3O3S/c1-12-5-6-23-17(7-12)21-14(9-19(23)25)10-27-11-18(24)22-15-8-13(20)3-4-16(15)26-2/h3-9H,10-11H2,1-2H3,(H,22,24). The summed E-state index contributed by atoms with van der Waals surface area (Å²) in [6, 6.07) is 10.2. The van der Waals surface area contributed by atoms with Crippen LogP contribution in [0.3, 0.4) is 0 Å². The molecule has 2 aromatic heterocycles. The van der Waals surface area contributed by atoms with E-state index in [0.717, 1.165) is 5.56 Å². The number of methoxy groups -OCH3 is 1. The number of anilines is 1. The monoisotopic (exact) mass is 403 g/mol. The fourth-order valence-electron chi connectivity index (χ4n) is 2.54. The lowest BCUT2D eigenvalue weighted by Gasteiger charge is -2.10. The van der Waals surface area contributed by atoms with Gasteiger partial charge in [0.05, 0.1) is 24.2 Å². The summed E-state index contributed by atoms with van der Waals surface area (Å²) in [7, 11) is 1.53. The molecular formula is C19H18ClN3O3S. The van der Waals surface area contributed by atoms with Gasteiger partial charge in [-0.2, -0.15) is 0 Å². The summed E-state index contributed by atoms with van der Waals surface area (Å²) in [5.74, 6) is 1.02. The Bertz CT molecular complexity index is 1050. The van der Waals surface area contributed by atoms with Crippen molar-refractivity contribution in [2.24, 2.45) is 0 Å². The molecule has 0 bridgehead atoms. The van der Waals surface area contributed by atoms with Gasteiger partial charge in [0, 0.05) is 23.0 Å². The Morgan fingerprint density at radius 1 is 1.30 bits per heavy atom. The number of amides is 1. The average Bonchev–Trinajstić information content (AvgIpc) is 2.61. The molecule has 0 spiro atoms. The van der Waals surface area contributed by atoms with Crippen molar-refractivity contribution < 1.29 is 9.53 Å². The summed E-state index contributed by atoms with van der Waals surface area (Å²) in [4.78, 5) is 28.8. The molecule has 0 aliphatic carbocycles. The zero-order valence-electron chi connectivity index (χ0n) is 14.9. The van der Waals surface area contributed by atoms with Gasteiger partial charge in [-0.3, -0.25) is 14.0 Å². The summed E-state index contributed by atoms with van der Waals surface area (Å²) < 4.78 is 6.71. The maximum absolute atomic E-state index is 12.2. The Labute approximate surface area is 165 Å². The van der Waals surface area contributed by atoms with Gasteiger partial charge in [-0.15, -0.1) is 11.8 Å². The van der Waals surface area contributed by atoms with Gasteiger partial charge in [-0.05, 0) is 42.8 Å². The van der Waals surface area contributed by atoms with E-state index in [0.29, 0.717) is 33.6 Å². The second-order valence-electron chi connectivity index (χ2n) is 5.90. The molecule has 3 aromatic rings. The van der Waals surface area contributed by atoms with Gasteiger partial charge < -0.3 is 10.1 Å². The number of nitrogens with one attached hydrogen (secondary N) is 1. The highest BCUT2D eigenvalue weighted by atomic mass is 35.5. The van der Waals surface area contributed by atoms with Gasteiger partial charge in [0.15, 0.2) is 0 Å². The fourth-order valence-corrected chi connectivity index (χ4v) is 3.43. The molecule has 1 N–H and O–H groups in total. The molecule has 140 valence electrons. The van der Waals surface area contributed by atoms with Gasteiger partial charge in [0.2, 0.25) is 5.91 Å². The predicted octanol–water partition coefficient (Wildman–Crippen LogP) is 3.54. The van der Waals surface area contributed by atoms with Crippen molar-refractivity contribution in [2.75, 3.05) is 18.2 Å². The van der Waals surface area contributed by atoms with Crippen LogP contribution in [0.4, 0.5) is 5.69 Å². The van der Waals surface area contributed by atoms with Crippen LogP contribution in [0.5, 0.6) is 5.75 Å². The van der Waals surface area contributed by atoms with Crippen molar-refractivity contribution in [3.8, 4) is 5.75 Å². The van der Waals surface area contributed by atoms with Crippen LogP contribution in [0.15, 0.2) is 47.4 Å². The number of fused-ring (bicyclic) bond motifs is 1. The number of nitrogens with zero attached hydrogens (tertiary/aromatic N) is 2. The summed E-state index contributed by atoms with van der Waals surface area (Å²) >= 11 is 7.34. The van der Waals surface area contributed by atoms with Crippen molar-refractivity contribution >= 4 is 40.6 Å². The van der Waals surface area contributed by atoms with Crippen molar-refractivity contribution in [1.29, 1.82) is 0 Å². The lowest BCUT2D eigenvalue weighted by Crippen LogP contribution is -2.16. The van der Waals surface area contributed by atoms with E-state index in [2.05, 4.69) is 10.3 Å². The molecule has 0 atom stereocenters. The van der Waals surface area contributed by atoms with Crippen LogP contribution in [0.25, 0.3) is 5.65 Å². The minimum absolute atomic E-state index is 0.135. The smallest absolute Gasteiger partial charge is 0.258 e. The maximum atomic E-state index is 12.2. The molecule has 8 heteroatoms. The van der Waals surface area contributed by atoms with E-state index in [1.165, 1.54) is 29.3 Å². The first kappa shape index (κ1) is 19.3. The minimum atomic E-state index is -0.186. The third-order valence-electron chi connectivity index (χ3n) is 3.79. The number of rotatable bonds is 6. The molecule has 3 rings (SSSR count). The number of aryl methyl sites for hydroxylation is 1. The van der Waals surface area contributed by atoms with E-state index in [1.807, 2.05) is 19.1 Å². The number of hydrogen-bond acceptors (Lipinski definition) is 5. The molecule has 1 aromatic carbocycles. The summed E-state index contributed by atoms with van der Waals surface area (Å²) in [6.07, 6.45) is 1.71. The number of benzene rings is 1. The quantitative estimate of drug-likeness (QED) is 0.681. The summed E-state index contributed by atoms with van der Waals surface area (Å²) in [6.45, 7) is 1.95. The largest absolute Gasteiger partial charge is 0.495 e. The number of carbonyl (C=O) groups excluding carboxylic acids is 1. The molecule has 27 heavy (non-hydrogen) atoms. The van der Waals surface area contributed by atoms with Crippen LogP contribution in [-0.2, 0) is 10.5 Å². The fraction of sp³-hybridized carbons (Fsp3) is 0.211. The van der Waals surface area contributed by atoms with E-state index in [1.54, 1.807) is 24.4 Å². The van der Waals surface area contributed by atoms with E-state index in [-0.39, 0.29) is 17.2 Å². The molecule has 0 aliphatic heterocycles. The van der Waals surface area contributed by atoms with Crippen LogP contribution in [0.2, 0.25) is 5.02 Å². The van der Waals surface area contributed by atoms with Gasteiger partial charge in [-0.1, -0.05) is 11.6 Å². The molecular weight excluding hydrogens is 386 g/mol. The molecule has 0 aliphatic rings. The van der Waals surface area contributed by atoms with E-state index < -0.39 is 0 Å². The molecule has 2 heterocycles. The van der Waals surface area contributed by atoms with Gasteiger partial charge >= 0.3 is 0 Å². The van der Waals surface area contributed by atoms with E-state index >= 15 is 0 Å². The Morgan fingerprint density at radius 2 is 2.11 bits per heavy atom. The molecule has 0 fully saturated rings. The van der Waals surface area contributed by atoms with Crippen LogP contribution >= 0.6 is 23.4 Å². The number of hydrogen-bond donors (Lipinski definition) is 1. The van der Waals surface area contributed by atoms with Gasteiger partial charge in [-0.25, -0.2) is 4.98 Å². The maximum Gasteiger partial charge on any atom is 0.258 e. The zero-order valence-corrected chi connectivity index (χ0v) is 16.4. The normalized spacial score (nSPS) is 10.8. The minimum Gasteiger partial charge on any atom is -0.495 e. The second kappa shape index (κ2) is 8.45. The first-order valence-corrected chi connectivity index (χ1v) is 9.69. The Balaban J connectivity index is 1.63. The van der Waals surface area contributed by atoms with Gasteiger partial charge in [0.25, 0.3) is 5.56 Å². The number of carbonyl (C=O) groups is 1. The third kappa shape index (κ3) is 4.81. The Hall–Kier alpha value is -2.51. The average molecular weight is 404 g/mol. The van der Waals surface area contributed by atoms with Crippen LogP contribution < -0.4 is 15.6 Å². The SMILES string of the molecule is COc1ccc(Cl)cc1NC(=O)CSCc1cc(=O)n2ccc(C)cc2n1. The molecule has 0 unspecified atom stereocenters. The lowest BCUT2D eigenvalue weighted by molar-refractivity contribution is -0.113. The van der Waals surface area contributed by atoms with E-state index in [9.17, 15) is 9.59 Å². The number of halogens is 1. The highest BCUT2D eigenvalue weighted by molar-refractivity contribution is 7.99. The predicted molar refractivity (Wildman–Crippen MR) is 109 cm³/mol. The number of aromatic nitrogens is 2. The molecule has 0 radical (unpaired) electrons. The highest BCUT2D eigenvalue weighted by Gasteiger charge is 2.09. The zero-order chi connectivity index (χ0) is 19.4. The summed E-state index contributed by atoms with van der Waals surface area (Å²) in [5.41, 5.74) is 2.66. The highest BCUT2D eigenvalue weighted by Crippen LogP contribution is 2.27. The molecule has 0 saturated heterocycles. The van der Waals surface area contributed by atoms with Crippen molar-refractivity contribution in [3.05, 3.63) is 69.2 Å². The van der Waals surface area contributed by atoms with Crippen molar-refractivity contribution in [1.82, 2.24) is 9.38 Å². The van der Waals surface area contributed by atoms with Crippen molar-refractivity contribution in [2.45, 2.75) is 12.7 Å². The van der Waals surface area contributed by atoms with Gasteiger partial charge in [0.1, 0.15) is 11.4 Å². The van der Waals surface area contributed by atoms with Crippen molar-refractivity contribution in [3.63, 3.8) is 0 Å². The van der Waals surface area contributed by atoms with E-state index in [4.69, 9.17) is 16.3 Å². The van der Waals surface area contributed by atoms with Crippen LogP contribution in [0, 0.1) is 6.92 Å². The topological polar surface area (TPSA) is 72.7 Å². The first-order valence-electron chi connectivity index (χ1n) is 8.16. The number of thioether (sulfide) groups is 1. The Morgan fingerprint density at radius 3 is 2.89 bits per heavy atom. The molecule has 6 nitrogen and oxygen atoms in total. The lowest BCUT2D eigenvalue weighted by atomic mass is 10.3.